The minimum Gasteiger partial charge on any atom is -0.212 e. The Morgan fingerprint density at radius 2 is 1.94 bits per heavy atom. The molecule has 1 fully saturated rings. The van der Waals surface area contributed by atoms with E-state index in [2.05, 4.69) is 26.6 Å². The van der Waals surface area contributed by atoms with Crippen LogP contribution in [0.25, 0.3) is 0 Å². The third kappa shape index (κ3) is 4.55. The predicted molar refractivity (Wildman–Crippen MR) is 72.0 cm³/mol. The fraction of sp³-hybridized carbons (Fsp3) is 1.00. The lowest BCUT2D eigenvalue weighted by atomic mass is 10.2. The highest BCUT2D eigenvalue weighted by Crippen LogP contribution is 2.28. The molecule has 3 nitrogen and oxygen atoms in total. The zero-order valence-corrected chi connectivity index (χ0v) is 12.8. The number of rotatable bonds is 7. The zero-order valence-electron chi connectivity index (χ0n) is 11.0. The molecule has 0 bridgehead atoms. The van der Waals surface area contributed by atoms with E-state index >= 15 is 0 Å². The molecule has 1 rings (SSSR count). The van der Waals surface area contributed by atoms with Crippen LogP contribution in [0.4, 0.5) is 0 Å². The minimum absolute atomic E-state index is 0.326. The predicted octanol–water partition coefficient (Wildman–Crippen LogP) is 2.53. The van der Waals surface area contributed by atoms with E-state index in [1.54, 1.807) is 4.31 Å². The summed E-state index contributed by atoms with van der Waals surface area (Å²) < 4.78 is 25.6. The summed E-state index contributed by atoms with van der Waals surface area (Å²) in [5.74, 6) is 0.366. The van der Waals surface area contributed by atoms with E-state index in [9.17, 15) is 8.42 Å². The van der Waals surface area contributed by atoms with E-state index in [1.165, 1.54) is 0 Å². The summed E-state index contributed by atoms with van der Waals surface area (Å²) in [7, 11) is -4.17. The van der Waals surface area contributed by atoms with Gasteiger partial charge in [0.2, 0.25) is 10.0 Å². The molecular formula is C11H25NO2SSi. The molecule has 2 atom stereocenters. The van der Waals surface area contributed by atoms with Gasteiger partial charge in [0.25, 0.3) is 0 Å². The summed E-state index contributed by atoms with van der Waals surface area (Å²) in [6, 6.07) is 1.21. The molecule has 0 aromatic carbocycles. The number of unbranched alkanes of at least 4 members (excludes halogenated alkanes) is 1. The monoisotopic (exact) mass is 263 g/mol. The Hall–Kier alpha value is 0.127. The van der Waals surface area contributed by atoms with Crippen LogP contribution in [0, 0.1) is 0 Å². The van der Waals surface area contributed by atoms with Crippen LogP contribution >= 0.6 is 0 Å². The first kappa shape index (κ1) is 14.2. The molecule has 0 aliphatic carbocycles. The normalized spacial score (nSPS) is 25.8. The largest absolute Gasteiger partial charge is 0.214 e. The minimum atomic E-state index is -2.93. The van der Waals surface area contributed by atoms with Gasteiger partial charge in [-0.1, -0.05) is 39.4 Å². The number of hydrogen-bond donors (Lipinski definition) is 0. The highest BCUT2D eigenvalue weighted by Gasteiger charge is 2.42. The summed E-state index contributed by atoms with van der Waals surface area (Å²) >= 11 is 0. The summed E-state index contributed by atoms with van der Waals surface area (Å²) in [5, 5.41) is 0. The lowest BCUT2D eigenvalue weighted by Gasteiger charge is -2.15. The Morgan fingerprint density at radius 3 is 2.44 bits per heavy atom. The molecule has 0 saturated carbocycles. The summed E-state index contributed by atoms with van der Waals surface area (Å²) in [4.78, 5) is 0. The Labute approximate surface area is 101 Å². The molecule has 2 unspecified atom stereocenters. The van der Waals surface area contributed by atoms with Crippen LogP contribution in [0.15, 0.2) is 0 Å². The lowest BCUT2D eigenvalue weighted by molar-refractivity contribution is 0.544. The van der Waals surface area contributed by atoms with Gasteiger partial charge in [0.05, 0.1) is 5.75 Å². The van der Waals surface area contributed by atoms with Gasteiger partial charge in [-0.15, -0.1) is 0 Å². The van der Waals surface area contributed by atoms with Crippen molar-refractivity contribution in [3.8, 4) is 0 Å². The maximum Gasteiger partial charge on any atom is 0.214 e. The summed E-state index contributed by atoms with van der Waals surface area (Å²) in [5.41, 5.74) is 0. The lowest BCUT2D eigenvalue weighted by Crippen LogP contribution is -2.27. The molecule has 0 amide bonds. The van der Waals surface area contributed by atoms with Crippen LogP contribution in [0.1, 0.15) is 26.2 Å². The topological polar surface area (TPSA) is 37.1 Å². The van der Waals surface area contributed by atoms with E-state index in [-0.39, 0.29) is 0 Å². The van der Waals surface area contributed by atoms with Crippen LogP contribution in [0.2, 0.25) is 25.7 Å². The van der Waals surface area contributed by atoms with E-state index < -0.39 is 18.1 Å². The molecule has 1 heterocycles. The Morgan fingerprint density at radius 1 is 1.31 bits per heavy atom. The first-order valence-corrected chi connectivity index (χ1v) is 11.6. The van der Waals surface area contributed by atoms with Crippen molar-refractivity contribution in [1.29, 1.82) is 0 Å². The van der Waals surface area contributed by atoms with Crippen molar-refractivity contribution in [2.24, 2.45) is 0 Å². The van der Waals surface area contributed by atoms with Crippen LogP contribution < -0.4 is 0 Å². The van der Waals surface area contributed by atoms with Gasteiger partial charge >= 0.3 is 0 Å². The second-order valence-corrected chi connectivity index (χ2v) is 13.7. The third-order valence-electron chi connectivity index (χ3n) is 3.02. The van der Waals surface area contributed by atoms with E-state index in [4.69, 9.17) is 0 Å². The maximum atomic E-state index is 12.0. The quantitative estimate of drug-likeness (QED) is 0.523. The molecule has 1 saturated heterocycles. The molecule has 0 N–H and O–H groups in total. The molecule has 1 aliphatic heterocycles. The highest BCUT2D eigenvalue weighted by molar-refractivity contribution is 7.89. The standard InChI is InChI=1S/C11H25NO2SSi/c1-5-6-7-11-10-12(11)15(13,14)8-9-16(2,3)4/h11H,5-10H2,1-4H3. The van der Waals surface area contributed by atoms with Crippen LogP contribution in [-0.2, 0) is 10.0 Å². The first-order valence-electron chi connectivity index (χ1n) is 6.26. The molecule has 0 aromatic heterocycles. The summed E-state index contributed by atoms with van der Waals surface area (Å²) in [6.07, 6.45) is 3.34. The zero-order chi connectivity index (χ0) is 12.4. The average Bonchev–Trinajstić information content (AvgIpc) is 2.90. The molecule has 5 heteroatoms. The maximum absolute atomic E-state index is 12.0. The van der Waals surface area contributed by atoms with Crippen molar-refractivity contribution >= 4 is 18.1 Å². The van der Waals surface area contributed by atoms with Crippen molar-refractivity contribution in [3.05, 3.63) is 0 Å². The van der Waals surface area contributed by atoms with Gasteiger partial charge in [0.15, 0.2) is 0 Å². The van der Waals surface area contributed by atoms with Gasteiger partial charge in [-0.2, -0.15) is 4.31 Å². The molecule has 16 heavy (non-hydrogen) atoms. The van der Waals surface area contributed by atoms with Crippen LogP contribution in [0.5, 0.6) is 0 Å². The van der Waals surface area contributed by atoms with Crippen molar-refractivity contribution in [2.45, 2.75) is 57.9 Å². The smallest absolute Gasteiger partial charge is 0.212 e. The van der Waals surface area contributed by atoms with Gasteiger partial charge < -0.3 is 0 Å². The van der Waals surface area contributed by atoms with E-state index in [0.29, 0.717) is 11.8 Å². The SMILES string of the molecule is CCCCC1CN1S(=O)(=O)CC[Si](C)(C)C. The molecule has 1 aliphatic rings. The average molecular weight is 263 g/mol. The van der Waals surface area contributed by atoms with Gasteiger partial charge in [0, 0.05) is 20.7 Å². The van der Waals surface area contributed by atoms with Crippen molar-refractivity contribution in [1.82, 2.24) is 4.31 Å². The highest BCUT2D eigenvalue weighted by atomic mass is 32.2. The van der Waals surface area contributed by atoms with Crippen LogP contribution in [0.3, 0.4) is 0 Å². The molecule has 0 spiro atoms. The van der Waals surface area contributed by atoms with Gasteiger partial charge in [-0.05, 0) is 12.5 Å². The number of nitrogens with zero attached hydrogens (tertiary/aromatic N) is 1. The summed E-state index contributed by atoms with van der Waals surface area (Å²) in [6.45, 7) is 9.58. The fourth-order valence-corrected chi connectivity index (χ4v) is 6.40. The van der Waals surface area contributed by atoms with Crippen molar-refractivity contribution < 1.29 is 8.42 Å². The van der Waals surface area contributed by atoms with Gasteiger partial charge in [-0.3, -0.25) is 0 Å². The molecule has 0 aromatic rings. The van der Waals surface area contributed by atoms with Gasteiger partial charge in [0.1, 0.15) is 0 Å². The van der Waals surface area contributed by atoms with E-state index in [1.807, 2.05) is 0 Å². The molecule has 0 radical (unpaired) electrons. The van der Waals surface area contributed by atoms with Crippen molar-refractivity contribution in [3.63, 3.8) is 0 Å². The Balaban J connectivity index is 2.37. The molecular weight excluding hydrogens is 238 g/mol. The third-order valence-corrected chi connectivity index (χ3v) is 7.02. The fourth-order valence-electron chi connectivity index (χ4n) is 1.73. The number of sulfonamides is 1. The second-order valence-electron chi connectivity index (χ2n) is 5.99. The first-order chi connectivity index (χ1) is 7.26. The Bertz CT molecular complexity index is 321. The molecule has 96 valence electrons. The number of hydrogen-bond acceptors (Lipinski definition) is 2. The Kier molecular flexibility index (Phi) is 4.60. The second kappa shape index (κ2) is 5.19. The van der Waals surface area contributed by atoms with Crippen LogP contribution in [-0.4, -0.2) is 39.1 Å². The van der Waals surface area contributed by atoms with Crippen molar-refractivity contribution in [2.75, 3.05) is 12.3 Å². The van der Waals surface area contributed by atoms with Gasteiger partial charge in [-0.25, -0.2) is 8.42 Å². The van der Waals surface area contributed by atoms with E-state index in [0.717, 1.165) is 31.9 Å².